The molecule has 12 nitrogen and oxygen atoms in total. The quantitative estimate of drug-likeness (QED) is 0.402. The summed E-state index contributed by atoms with van der Waals surface area (Å²) in [7, 11) is -7.97. The second-order valence-corrected chi connectivity index (χ2v) is 12.8. The first-order valence-corrected chi connectivity index (χ1v) is 13.8. The van der Waals surface area contributed by atoms with Crippen LogP contribution in [0.1, 0.15) is 52.6 Å². The highest BCUT2D eigenvalue weighted by atomic mass is 32.3. The SMILES string of the molecule is CCN(C(=O)OC(C)OC(=O)[C@H](C)OC(C)=O)[C@H]1C[C@H](C)S(=O)(=O)c2sc(S(N)(=O)=O)cc21. The Morgan fingerprint density at radius 3 is 2.36 bits per heavy atom. The first-order valence-electron chi connectivity index (χ1n) is 9.84. The summed E-state index contributed by atoms with van der Waals surface area (Å²) in [6, 6.07) is 0.342. The fourth-order valence-electron chi connectivity index (χ4n) is 3.27. The lowest BCUT2D eigenvalue weighted by molar-refractivity contribution is -0.182. The fraction of sp³-hybridized carbons (Fsp3) is 0.611. The molecule has 1 unspecified atom stereocenters. The molecule has 0 aromatic carbocycles. The number of carbonyl (C=O) groups excluding carboxylic acids is 3. The Bertz CT molecular complexity index is 1140. The number of fused-ring (bicyclic) bond motifs is 1. The van der Waals surface area contributed by atoms with E-state index in [2.05, 4.69) is 0 Å². The van der Waals surface area contributed by atoms with Crippen molar-refractivity contribution in [1.82, 2.24) is 4.90 Å². The third-order valence-corrected chi connectivity index (χ3v) is 10.2. The van der Waals surface area contributed by atoms with Crippen LogP contribution in [0.5, 0.6) is 0 Å². The number of rotatable bonds is 7. The van der Waals surface area contributed by atoms with Crippen LogP contribution in [0.25, 0.3) is 0 Å². The smallest absolute Gasteiger partial charge is 0.413 e. The largest absolute Gasteiger partial charge is 0.451 e. The minimum absolute atomic E-state index is 0.00325. The van der Waals surface area contributed by atoms with Crippen molar-refractivity contribution in [2.24, 2.45) is 5.14 Å². The average molecular weight is 527 g/mol. The number of nitrogens with zero attached hydrogens (tertiary/aromatic N) is 1. The Labute approximate surface area is 195 Å². The van der Waals surface area contributed by atoms with Crippen LogP contribution in [0.2, 0.25) is 0 Å². The summed E-state index contributed by atoms with van der Waals surface area (Å²) in [5.74, 6) is -1.61. The zero-order valence-electron chi connectivity index (χ0n) is 18.6. The Balaban J connectivity index is 2.27. The van der Waals surface area contributed by atoms with Crippen molar-refractivity contribution in [1.29, 1.82) is 0 Å². The van der Waals surface area contributed by atoms with Crippen LogP contribution in [-0.4, -0.2) is 64.0 Å². The van der Waals surface area contributed by atoms with E-state index in [0.717, 1.165) is 13.0 Å². The van der Waals surface area contributed by atoms with Crippen molar-refractivity contribution in [3.8, 4) is 0 Å². The van der Waals surface area contributed by atoms with E-state index in [1.165, 1.54) is 25.7 Å². The molecule has 15 heteroatoms. The van der Waals surface area contributed by atoms with Gasteiger partial charge < -0.3 is 19.1 Å². The Kier molecular flexibility index (Phi) is 8.14. The lowest BCUT2D eigenvalue weighted by atomic mass is 10.0. The summed E-state index contributed by atoms with van der Waals surface area (Å²) < 4.78 is 63.5. The Morgan fingerprint density at radius 2 is 1.85 bits per heavy atom. The fourth-order valence-corrected chi connectivity index (χ4v) is 7.67. The Hall–Kier alpha value is -2.23. The van der Waals surface area contributed by atoms with Gasteiger partial charge >= 0.3 is 18.0 Å². The van der Waals surface area contributed by atoms with Crippen LogP contribution in [0.15, 0.2) is 14.5 Å². The van der Waals surface area contributed by atoms with Gasteiger partial charge in [-0.25, -0.2) is 31.6 Å². The third-order valence-electron chi connectivity index (χ3n) is 4.86. The van der Waals surface area contributed by atoms with E-state index in [0.29, 0.717) is 11.3 Å². The van der Waals surface area contributed by atoms with E-state index in [-0.39, 0.29) is 26.9 Å². The molecule has 4 atom stereocenters. The van der Waals surface area contributed by atoms with Crippen LogP contribution >= 0.6 is 11.3 Å². The zero-order chi connectivity index (χ0) is 25.3. The number of primary sulfonamides is 1. The highest BCUT2D eigenvalue weighted by Crippen LogP contribution is 2.45. The van der Waals surface area contributed by atoms with Crippen LogP contribution in [0, 0.1) is 0 Å². The summed E-state index contributed by atoms with van der Waals surface area (Å²) in [4.78, 5) is 36.9. The van der Waals surface area contributed by atoms with Gasteiger partial charge in [-0.2, -0.15) is 0 Å². The molecule has 1 aliphatic rings. The molecule has 1 aromatic heterocycles. The molecule has 0 radical (unpaired) electrons. The molecule has 0 spiro atoms. The zero-order valence-corrected chi connectivity index (χ0v) is 21.1. The molecule has 1 aliphatic heterocycles. The topological polar surface area (TPSA) is 176 Å². The molecule has 2 N–H and O–H groups in total. The second kappa shape index (κ2) is 9.95. The van der Waals surface area contributed by atoms with Crippen LogP contribution in [0.4, 0.5) is 4.79 Å². The molecule has 0 bridgehead atoms. The maximum absolute atomic E-state index is 12.8. The van der Waals surface area contributed by atoms with Gasteiger partial charge in [0.15, 0.2) is 15.9 Å². The summed E-state index contributed by atoms with van der Waals surface area (Å²) in [6.45, 7) is 6.87. The van der Waals surface area contributed by atoms with Gasteiger partial charge in [0.2, 0.25) is 16.3 Å². The van der Waals surface area contributed by atoms with Crippen molar-refractivity contribution in [3.05, 3.63) is 11.6 Å². The molecular weight excluding hydrogens is 500 g/mol. The molecule has 0 saturated heterocycles. The second-order valence-electron chi connectivity index (χ2n) is 7.39. The van der Waals surface area contributed by atoms with Gasteiger partial charge in [-0.3, -0.25) is 4.79 Å². The van der Waals surface area contributed by atoms with Crippen LogP contribution in [-0.2, 0) is 43.7 Å². The summed E-state index contributed by atoms with van der Waals surface area (Å²) in [6.07, 6.45) is -3.47. The van der Waals surface area contributed by atoms with Crippen molar-refractivity contribution in [2.75, 3.05) is 6.54 Å². The van der Waals surface area contributed by atoms with Gasteiger partial charge in [0.1, 0.15) is 8.42 Å². The number of carbonyl (C=O) groups is 3. The predicted molar refractivity (Wildman–Crippen MR) is 115 cm³/mol. The normalized spacial score (nSPS) is 21.3. The monoisotopic (exact) mass is 526 g/mol. The molecule has 2 rings (SSSR count). The standard InChI is InChI=1S/C18H26N2O10S3/c1-6-20(18(23)30-12(5)29-16(22)10(3)28-11(4)21)14-7-9(2)32(24,25)17-13(14)8-15(31-17)33(19,26)27/h8-10,12,14H,6-7H2,1-5H3,(H2,19,26,27)/t9-,10-,12?,14-/m0/s1. The maximum atomic E-state index is 12.8. The lowest BCUT2D eigenvalue weighted by Gasteiger charge is -2.35. The van der Waals surface area contributed by atoms with Crippen LogP contribution < -0.4 is 5.14 Å². The van der Waals surface area contributed by atoms with Gasteiger partial charge in [0.05, 0.1) is 11.3 Å². The highest BCUT2D eigenvalue weighted by Gasteiger charge is 2.43. The molecule has 0 aliphatic carbocycles. The molecule has 186 valence electrons. The number of esters is 2. The van der Waals surface area contributed by atoms with Crippen LogP contribution in [0.3, 0.4) is 0 Å². The van der Waals surface area contributed by atoms with E-state index in [1.807, 2.05) is 0 Å². The third kappa shape index (κ3) is 6.02. The minimum Gasteiger partial charge on any atom is -0.451 e. The number of hydrogen-bond acceptors (Lipinski definition) is 11. The molecular formula is C18H26N2O10S3. The first kappa shape index (κ1) is 27.0. The number of hydrogen-bond donors (Lipinski definition) is 1. The number of sulfonamides is 1. The van der Waals surface area contributed by atoms with Crippen molar-refractivity contribution in [3.63, 3.8) is 0 Å². The summed E-state index contributed by atoms with van der Waals surface area (Å²) in [5, 5.41) is 4.28. The number of ether oxygens (including phenoxy) is 3. The average Bonchev–Trinajstić information content (AvgIpc) is 3.13. The first-order chi connectivity index (χ1) is 15.1. The van der Waals surface area contributed by atoms with Gasteiger partial charge in [0, 0.05) is 26.0 Å². The molecule has 1 amide bonds. The van der Waals surface area contributed by atoms with Crippen molar-refractivity contribution < 1.29 is 45.4 Å². The predicted octanol–water partition coefficient (Wildman–Crippen LogP) is 1.30. The molecule has 0 saturated carbocycles. The molecule has 2 heterocycles. The van der Waals surface area contributed by atoms with E-state index in [1.54, 1.807) is 6.92 Å². The van der Waals surface area contributed by atoms with Crippen molar-refractivity contribution in [2.45, 2.75) is 73.1 Å². The number of sulfone groups is 1. The van der Waals surface area contributed by atoms with Gasteiger partial charge in [-0.05, 0) is 33.3 Å². The van der Waals surface area contributed by atoms with Crippen molar-refractivity contribution >= 4 is 49.2 Å². The number of amides is 1. The summed E-state index contributed by atoms with van der Waals surface area (Å²) >= 11 is 0.536. The van der Waals surface area contributed by atoms with Gasteiger partial charge in [-0.15, -0.1) is 11.3 Å². The molecule has 1 aromatic rings. The number of thiophene rings is 1. The molecule has 0 fully saturated rings. The van der Waals surface area contributed by atoms with E-state index in [9.17, 15) is 31.2 Å². The number of nitrogens with two attached hydrogens (primary N) is 1. The van der Waals surface area contributed by atoms with E-state index < -0.39 is 61.6 Å². The highest BCUT2D eigenvalue weighted by molar-refractivity contribution is 7.95. The lowest BCUT2D eigenvalue weighted by Crippen LogP contribution is -2.42. The maximum Gasteiger partial charge on any atom is 0.413 e. The van der Waals surface area contributed by atoms with E-state index >= 15 is 0 Å². The minimum atomic E-state index is -4.16. The van der Waals surface area contributed by atoms with E-state index in [4.69, 9.17) is 19.3 Å². The van der Waals surface area contributed by atoms with Gasteiger partial charge in [0.25, 0.3) is 0 Å². The summed E-state index contributed by atoms with van der Waals surface area (Å²) in [5.41, 5.74) is 0.133. The van der Waals surface area contributed by atoms with Gasteiger partial charge in [-0.1, -0.05) is 0 Å². The Morgan fingerprint density at radius 1 is 1.24 bits per heavy atom. The molecule has 33 heavy (non-hydrogen) atoms.